The fourth-order valence-corrected chi connectivity index (χ4v) is 1.63. The van der Waals surface area contributed by atoms with E-state index in [9.17, 15) is 9.59 Å². The molecule has 0 radical (unpaired) electrons. The minimum atomic E-state index is -0.200. The number of amides is 2. The van der Waals surface area contributed by atoms with Crippen molar-refractivity contribution in [1.82, 2.24) is 5.32 Å². The molecule has 0 spiro atoms. The van der Waals surface area contributed by atoms with E-state index < -0.39 is 0 Å². The van der Waals surface area contributed by atoms with Crippen molar-refractivity contribution >= 4 is 17.5 Å². The van der Waals surface area contributed by atoms with Crippen LogP contribution in [0.25, 0.3) is 0 Å². The van der Waals surface area contributed by atoms with E-state index >= 15 is 0 Å². The average molecular weight is 262 g/mol. The molecule has 0 aliphatic rings. The molecule has 0 aliphatic heterocycles. The minimum Gasteiger partial charge on any atom is -0.347 e. The van der Waals surface area contributed by atoms with Crippen LogP contribution in [-0.4, -0.2) is 18.4 Å². The molecule has 0 unspecified atom stereocenters. The van der Waals surface area contributed by atoms with Gasteiger partial charge in [-0.3, -0.25) is 9.59 Å². The van der Waals surface area contributed by atoms with Gasteiger partial charge in [0.2, 0.25) is 11.8 Å². The van der Waals surface area contributed by atoms with E-state index in [1.165, 1.54) is 5.56 Å². The monoisotopic (exact) mass is 262 g/mol. The number of carbonyl (C=O) groups excluding carboxylic acids is 2. The van der Waals surface area contributed by atoms with Crippen molar-refractivity contribution in [3.63, 3.8) is 0 Å². The quantitative estimate of drug-likeness (QED) is 0.793. The number of benzene rings is 1. The lowest BCUT2D eigenvalue weighted by atomic mass is 10.1. The fourth-order valence-electron chi connectivity index (χ4n) is 1.63. The molecule has 1 rings (SSSR count). The van der Waals surface area contributed by atoms with Crippen LogP contribution in [0.1, 0.15) is 38.7 Å². The highest BCUT2D eigenvalue weighted by molar-refractivity contribution is 5.94. The number of rotatable bonds is 7. The third kappa shape index (κ3) is 6.04. The maximum Gasteiger partial charge on any atom is 0.243 e. The van der Waals surface area contributed by atoms with Gasteiger partial charge in [-0.1, -0.05) is 32.4 Å². The second kappa shape index (κ2) is 8.29. The zero-order chi connectivity index (χ0) is 14.1. The lowest BCUT2D eigenvalue weighted by Gasteiger charge is -2.07. The SMILES string of the molecule is CCCCC(=O)NCC(=O)Nc1ccc(CC)cc1. The molecule has 2 amide bonds. The summed E-state index contributed by atoms with van der Waals surface area (Å²) in [4.78, 5) is 23.0. The third-order valence-electron chi connectivity index (χ3n) is 2.85. The number of carbonyl (C=O) groups is 2. The first-order valence-electron chi connectivity index (χ1n) is 6.81. The number of aryl methyl sites for hydroxylation is 1. The average Bonchev–Trinajstić information content (AvgIpc) is 2.43. The van der Waals surface area contributed by atoms with Crippen molar-refractivity contribution < 1.29 is 9.59 Å². The summed E-state index contributed by atoms with van der Waals surface area (Å²) in [6.45, 7) is 4.14. The molecule has 1 aromatic carbocycles. The first-order valence-corrected chi connectivity index (χ1v) is 6.81. The highest BCUT2D eigenvalue weighted by atomic mass is 16.2. The molecular formula is C15H22N2O2. The summed E-state index contributed by atoms with van der Waals surface area (Å²) in [6.07, 6.45) is 3.28. The second-order valence-electron chi connectivity index (χ2n) is 4.48. The lowest BCUT2D eigenvalue weighted by Crippen LogP contribution is -2.32. The van der Waals surface area contributed by atoms with Crippen molar-refractivity contribution in [3.05, 3.63) is 29.8 Å². The summed E-state index contributed by atoms with van der Waals surface area (Å²) < 4.78 is 0. The van der Waals surface area contributed by atoms with E-state index in [4.69, 9.17) is 0 Å². The molecule has 0 heterocycles. The number of hydrogen-bond acceptors (Lipinski definition) is 2. The van der Waals surface area contributed by atoms with Gasteiger partial charge in [0.15, 0.2) is 0 Å². The van der Waals surface area contributed by atoms with Crippen molar-refractivity contribution in [1.29, 1.82) is 0 Å². The fraction of sp³-hybridized carbons (Fsp3) is 0.467. The normalized spacial score (nSPS) is 10.0. The predicted molar refractivity (Wildman–Crippen MR) is 77.0 cm³/mol. The number of anilines is 1. The molecule has 0 aromatic heterocycles. The summed E-state index contributed by atoms with van der Waals surface area (Å²) >= 11 is 0. The van der Waals surface area contributed by atoms with Gasteiger partial charge < -0.3 is 10.6 Å². The van der Waals surface area contributed by atoms with Crippen molar-refractivity contribution in [2.24, 2.45) is 0 Å². The molecule has 1 aromatic rings. The summed E-state index contributed by atoms with van der Waals surface area (Å²) in [5.74, 6) is -0.271. The first kappa shape index (κ1) is 15.2. The Hall–Kier alpha value is -1.84. The van der Waals surface area contributed by atoms with Gasteiger partial charge in [-0.2, -0.15) is 0 Å². The largest absolute Gasteiger partial charge is 0.347 e. The van der Waals surface area contributed by atoms with Gasteiger partial charge in [-0.05, 0) is 30.5 Å². The van der Waals surface area contributed by atoms with Crippen LogP contribution in [-0.2, 0) is 16.0 Å². The molecule has 4 nitrogen and oxygen atoms in total. The molecular weight excluding hydrogens is 240 g/mol. The summed E-state index contributed by atoms with van der Waals surface area (Å²) in [7, 11) is 0. The van der Waals surface area contributed by atoms with Crippen molar-refractivity contribution in [2.75, 3.05) is 11.9 Å². The highest BCUT2D eigenvalue weighted by Crippen LogP contribution is 2.09. The van der Waals surface area contributed by atoms with Crippen LogP contribution in [0.2, 0.25) is 0 Å². The molecule has 0 fully saturated rings. The molecule has 4 heteroatoms. The Kier molecular flexibility index (Phi) is 6.64. The smallest absolute Gasteiger partial charge is 0.243 e. The first-order chi connectivity index (χ1) is 9.15. The van der Waals surface area contributed by atoms with Crippen LogP contribution in [0, 0.1) is 0 Å². The topological polar surface area (TPSA) is 58.2 Å². The van der Waals surface area contributed by atoms with E-state index in [2.05, 4.69) is 17.6 Å². The Morgan fingerprint density at radius 2 is 1.74 bits per heavy atom. The van der Waals surface area contributed by atoms with Crippen LogP contribution in [0.3, 0.4) is 0 Å². The summed E-state index contributed by atoms with van der Waals surface area (Å²) in [5, 5.41) is 5.36. The van der Waals surface area contributed by atoms with Gasteiger partial charge in [0.25, 0.3) is 0 Å². The van der Waals surface area contributed by atoms with E-state index in [-0.39, 0.29) is 18.4 Å². The zero-order valence-corrected chi connectivity index (χ0v) is 11.7. The lowest BCUT2D eigenvalue weighted by molar-refractivity contribution is -0.124. The number of hydrogen-bond donors (Lipinski definition) is 2. The molecule has 0 aliphatic carbocycles. The zero-order valence-electron chi connectivity index (χ0n) is 11.7. The Labute approximate surface area is 114 Å². The molecule has 19 heavy (non-hydrogen) atoms. The van der Waals surface area contributed by atoms with Gasteiger partial charge in [0.05, 0.1) is 6.54 Å². The van der Waals surface area contributed by atoms with Crippen LogP contribution >= 0.6 is 0 Å². The van der Waals surface area contributed by atoms with E-state index in [1.807, 2.05) is 31.2 Å². The third-order valence-corrected chi connectivity index (χ3v) is 2.85. The standard InChI is InChI=1S/C15H22N2O2/c1-3-5-6-14(18)16-11-15(19)17-13-9-7-12(4-2)8-10-13/h7-10H,3-6,11H2,1-2H3,(H,16,18)(H,17,19). The maximum atomic E-state index is 11.6. The number of nitrogens with one attached hydrogen (secondary N) is 2. The van der Waals surface area contributed by atoms with Crippen LogP contribution < -0.4 is 10.6 Å². The molecule has 0 bridgehead atoms. The number of unbranched alkanes of at least 4 members (excludes halogenated alkanes) is 1. The highest BCUT2D eigenvalue weighted by Gasteiger charge is 2.05. The van der Waals surface area contributed by atoms with Gasteiger partial charge >= 0.3 is 0 Å². The van der Waals surface area contributed by atoms with Gasteiger partial charge in [-0.25, -0.2) is 0 Å². The van der Waals surface area contributed by atoms with Crippen molar-refractivity contribution in [2.45, 2.75) is 39.5 Å². The molecule has 0 saturated heterocycles. The Morgan fingerprint density at radius 3 is 2.32 bits per heavy atom. The minimum absolute atomic E-state index is 0.0259. The molecule has 104 valence electrons. The van der Waals surface area contributed by atoms with Gasteiger partial charge in [-0.15, -0.1) is 0 Å². The van der Waals surface area contributed by atoms with E-state index in [0.29, 0.717) is 6.42 Å². The second-order valence-corrected chi connectivity index (χ2v) is 4.48. The Balaban J connectivity index is 2.32. The van der Waals surface area contributed by atoms with Crippen LogP contribution in [0.15, 0.2) is 24.3 Å². The Bertz CT molecular complexity index is 413. The van der Waals surface area contributed by atoms with Gasteiger partial charge in [0.1, 0.15) is 0 Å². The molecule has 0 atom stereocenters. The van der Waals surface area contributed by atoms with E-state index in [0.717, 1.165) is 24.9 Å². The van der Waals surface area contributed by atoms with E-state index in [1.54, 1.807) is 0 Å². The van der Waals surface area contributed by atoms with Crippen LogP contribution in [0.5, 0.6) is 0 Å². The van der Waals surface area contributed by atoms with Crippen molar-refractivity contribution in [3.8, 4) is 0 Å². The van der Waals surface area contributed by atoms with Crippen LogP contribution in [0.4, 0.5) is 5.69 Å². The summed E-state index contributed by atoms with van der Waals surface area (Å²) in [5.41, 5.74) is 1.98. The maximum absolute atomic E-state index is 11.6. The van der Waals surface area contributed by atoms with Gasteiger partial charge in [0, 0.05) is 12.1 Å². The predicted octanol–water partition coefficient (Wildman–Crippen LogP) is 2.49. The Morgan fingerprint density at radius 1 is 1.05 bits per heavy atom. The molecule has 0 saturated carbocycles. The summed E-state index contributed by atoms with van der Waals surface area (Å²) in [6, 6.07) is 7.70. The molecule has 2 N–H and O–H groups in total.